The fraction of sp³-hybridized carbons (Fsp3) is 0.308. The molecule has 5 rings (SSSR count). The van der Waals surface area contributed by atoms with Crippen molar-refractivity contribution in [3.63, 3.8) is 0 Å². The molecule has 0 radical (unpaired) electrons. The van der Waals surface area contributed by atoms with Gasteiger partial charge in [0.15, 0.2) is 23.0 Å². The van der Waals surface area contributed by atoms with E-state index in [0.717, 1.165) is 31.7 Å². The van der Waals surface area contributed by atoms with Gasteiger partial charge in [-0.25, -0.2) is 0 Å². The SMILES string of the molecule is COc1cc2ncc(C#N)c(Nc3ccc(C#CCN4CCNCC4)c4c3OCO4)c2cc1OC. The predicted octanol–water partition coefficient (Wildman–Crippen LogP) is 2.85. The third-order valence-electron chi connectivity index (χ3n) is 6.01. The van der Waals surface area contributed by atoms with Gasteiger partial charge in [-0.1, -0.05) is 11.8 Å². The highest BCUT2D eigenvalue weighted by Crippen LogP contribution is 2.44. The number of anilines is 2. The van der Waals surface area contributed by atoms with Crippen molar-refractivity contribution in [1.82, 2.24) is 15.2 Å². The number of benzene rings is 2. The summed E-state index contributed by atoms with van der Waals surface area (Å²) in [6.07, 6.45) is 1.53. The van der Waals surface area contributed by atoms with Crippen LogP contribution in [0.3, 0.4) is 0 Å². The van der Waals surface area contributed by atoms with E-state index in [1.165, 1.54) is 6.20 Å². The quantitative estimate of drug-likeness (QED) is 0.544. The fourth-order valence-electron chi connectivity index (χ4n) is 4.18. The monoisotopic (exact) mass is 471 g/mol. The summed E-state index contributed by atoms with van der Waals surface area (Å²) in [5.74, 6) is 8.74. The summed E-state index contributed by atoms with van der Waals surface area (Å²) in [5, 5.41) is 17.2. The second-order valence-electron chi connectivity index (χ2n) is 8.06. The molecular formula is C26H25N5O4. The number of hydrogen-bond donors (Lipinski definition) is 2. The van der Waals surface area contributed by atoms with E-state index < -0.39 is 0 Å². The Hall–Kier alpha value is -4.18. The maximum Gasteiger partial charge on any atom is 0.231 e. The zero-order valence-electron chi connectivity index (χ0n) is 19.6. The number of nitrogens with one attached hydrogen (secondary N) is 2. The third kappa shape index (κ3) is 4.47. The molecule has 2 aliphatic rings. The molecule has 178 valence electrons. The standard InChI is InChI=1S/C26H25N5O4/c1-32-22-12-19-21(13-23(22)33-2)29-15-18(14-27)24(19)30-20-6-5-17(25-26(20)35-16-34-25)4-3-9-31-10-7-28-8-11-31/h5-6,12-13,15,28H,7-11,16H2,1-2H3,(H,29,30). The smallest absolute Gasteiger partial charge is 0.231 e. The molecule has 0 saturated carbocycles. The van der Waals surface area contributed by atoms with Crippen LogP contribution in [0.2, 0.25) is 0 Å². The summed E-state index contributed by atoms with van der Waals surface area (Å²) in [5.41, 5.74) is 3.08. The molecule has 35 heavy (non-hydrogen) atoms. The molecule has 0 bridgehead atoms. The summed E-state index contributed by atoms with van der Waals surface area (Å²) < 4.78 is 22.4. The Balaban J connectivity index is 1.49. The van der Waals surface area contributed by atoms with Crippen molar-refractivity contribution in [3.8, 4) is 40.9 Å². The van der Waals surface area contributed by atoms with Crippen LogP contribution in [0.1, 0.15) is 11.1 Å². The number of aromatic nitrogens is 1. The van der Waals surface area contributed by atoms with Crippen LogP contribution in [0.25, 0.3) is 10.9 Å². The lowest BCUT2D eigenvalue weighted by Crippen LogP contribution is -2.43. The molecule has 0 unspecified atom stereocenters. The minimum atomic E-state index is 0.105. The van der Waals surface area contributed by atoms with Gasteiger partial charge in [0, 0.05) is 43.8 Å². The van der Waals surface area contributed by atoms with E-state index in [1.807, 2.05) is 12.1 Å². The average Bonchev–Trinajstić information content (AvgIpc) is 3.40. The van der Waals surface area contributed by atoms with E-state index in [-0.39, 0.29) is 6.79 Å². The van der Waals surface area contributed by atoms with Gasteiger partial charge in [0.2, 0.25) is 6.79 Å². The molecule has 2 aliphatic heterocycles. The van der Waals surface area contributed by atoms with Crippen molar-refractivity contribution in [2.24, 2.45) is 0 Å². The Morgan fingerprint density at radius 1 is 1.09 bits per heavy atom. The number of rotatable bonds is 5. The maximum absolute atomic E-state index is 9.76. The highest BCUT2D eigenvalue weighted by atomic mass is 16.7. The molecule has 9 nitrogen and oxygen atoms in total. The number of nitriles is 1. The van der Waals surface area contributed by atoms with Crippen LogP contribution in [-0.2, 0) is 0 Å². The number of piperazine rings is 1. The molecule has 0 amide bonds. The van der Waals surface area contributed by atoms with Gasteiger partial charge < -0.3 is 29.6 Å². The molecule has 2 N–H and O–H groups in total. The largest absolute Gasteiger partial charge is 0.493 e. The van der Waals surface area contributed by atoms with Gasteiger partial charge in [0.05, 0.1) is 48.8 Å². The lowest BCUT2D eigenvalue weighted by Gasteiger charge is -2.24. The maximum atomic E-state index is 9.76. The normalized spacial score (nSPS) is 14.7. The zero-order chi connectivity index (χ0) is 24.2. The molecule has 2 aromatic carbocycles. The molecule has 0 atom stereocenters. The second kappa shape index (κ2) is 9.98. The lowest BCUT2D eigenvalue weighted by molar-refractivity contribution is 0.174. The van der Waals surface area contributed by atoms with Crippen LogP contribution in [0.4, 0.5) is 11.4 Å². The molecule has 0 spiro atoms. The van der Waals surface area contributed by atoms with Crippen molar-refractivity contribution in [2.45, 2.75) is 0 Å². The lowest BCUT2D eigenvalue weighted by atomic mass is 10.1. The molecule has 3 aromatic rings. The molecule has 1 aromatic heterocycles. The number of ether oxygens (including phenoxy) is 4. The van der Waals surface area contributed by atoms with Crippen molar-refractivity contribution < 1.29 is 18.9 Å². The molecule has 1 saturated heterocycles. The molecule has 0 aliphatic carbocycles. The van der Waals surface area contributed by atoms with E-state index in [1.54, 1.807) is 26.4 Å². The first-order valence-corrected chi connectivity index (χ1v) is 11.3. The van der Waals surface area contributed by atoms with Gasteiger partial charge in [0.25, 0.3) is 0 Å². The van der Waals surface area contributed by atoms with Gasteiger partial charge in [-0.15, -0.1) is 0 Å². The van der Waals surface area contributed by atoms with Gasteiger partial charge in [-0.05, 0) is 18.2 Å². The number of nitrogens with zero attached hydrogens (tertiary/aromatic N) is 3. The average molecular weight is 472 g/mol. The summed E-state index contributed by atoms with van der Waals surface area (Å²) in [4.78, 5) is 6.73. The second-order valence-corrected chi connectivity index (χ2v) is 8.06. The molecule has 3 heterocycles. The highest BCUT2D eigenvalue weighted by molar-refractivity contribution is 5.98. The fourth-order valence-corrected chi connectivity index (χ4v) is 4.18. The van der Waals surface area contributed by atoms with Gasteiger partial charge >= 0.3 is 0 Å². The van der Waals surface area contributed by atoms with Crippen LogP contribution in [0.15, 0.2) is 30.5 Å². The minimum absolute atomic E-state index is 0.105. The van der Waals surface area contributed by atoms with E-state index >= 15 is 0 Å². The summed E-state index contributed by atoms with van der Waals surface area (Å²) >= 11 is 0. The van der Waals surface area contributed by atoms with Crippen LogP contribution >= 0.6 is 0 Å². The van der Waals surface area contributed by atoms with Crippen LogP contribution in [0.5, 0.6) is 23.0 Å². The number of methoxy groups -OCH3 is 2. The Bertz CT molecular complexity index is 1370. The topological polar surface area (TPSA) is 101 Å². The van der Waals surface area contributed by atoms with E-state index in [2.05, 4.69) is 38.4 Å². The predicted molar refractivity (Wildman–Crippen MR) is 132 cm³/mol. The van der Waals surface area contributed by atoms with E-state index in [0.29, 0.717) is 57.4 Å². The van der Waals surface area contributed by atoms with Crippen molar-refractivity contribution in [2.75, 3.05) is 59.1 Å². The van der Waals surface area contributed by atoms with Crippen molar-refractivity contribution in [3.05, 3.63) is 41.6 Å². The summed E-state index contributed by atoms with van der Waals surface area (Å²) in [6.45, 7) is 4.77. The summed E-state index contributed by atoms with van der Waals surface area (Å²) in [6, 6.07) is 9.58. The van der Waals surface area contributed by atoms with Gasteiger partial charge in [0.1, 0.15) is 6.07 Å². The molecule has 9 heteroatoms. The number of hydrogen-bond acceptors (Lipinski definition) is 9. The number of fused-ring (bicyclic) bond motifs is 2. The Kier molecular flexibility index (Phi) is 6.44. The Labute approximate surface area is 203 Å². The van der Waals surface area contributed by atoms with E-state index in [9.17, 15) is 5.26 Å². The van der Waals surface area contributed by atoms with Crippen molar-refractivity contribution in [1.29, 1.82) is 5.26 Å². The number of pyridine rings is 1. The minimum Gasteiger partial charge on any atom is -0.493 e. The summed E-state index contributed by atoms with van der Waals surface area (Å²) in [7, 11) is 3.14. The zero-order valence-corrected chi connectivity index (χ0v) is 19.6. The van der Waals surface area contributed by atoms with E-state index in [4.69, 9.17) is 18.9 Å². The van der Waals surface area contributed by atoms with Crippen molar-refractivity contribution >= 4 is 22.3 Å². The molecular weight excluding hydrogens is 446 g/mol. The highest BCUT2D eigenvalue weighted by Gasteiger charge is 2.23. The van der Waals surface area contributed by atoms with Crippen LogP contribution in [0, 0.1) is 23.2 Å². The van der Waals surface area contributed by atoms with Crippen LogP contribution in [-0.4, -0.2) is 63.6 Å². The first-order valence-electron chi connectivity index (χ1n) is 11.3. The molecule has 1 fully saturated rings. The first-order chi connectivity index (χ1) is 17.2. The third-order valence-corrected chi connectivity index (χ3v) is 6.01. The van der Waals surface area contributed by atoms with Crippen LogP contribution < -0.4 is 29.6 Å². The Morgan fingerprint density at radius 2 is 1.86 bits per heavy atom. The van der Waals surface area contributed by atoms with Gasteiger partial charge in [-0.2, -0.15) is 5.26 Å². The van der Waals surface area contributed by atoms with Gasteiger partial charge in [-0.3, -0.25) is 9.88 Å². The first kappa shape index (κ1) is 22.6. The Morgan fingerprint density at radius 3 is 2.63 bits per heavy atom.